The lowest BCUT2D eigenvalue weighted by atomic mass is 9.82. The van der Waals surface area contributed by atoms with Crippen LogP contribution in [0.2, 0.25) is 10.0 Å². The van der Waals surface area contributed by atoms with Gasteiger partial charge in [-0.1, -0.05) is 114 Å². The third-order valence-electron chi connectivity index (χ3n) is 20.9. The van der Waals surface area contributed by atoms with Gasteiger partial charge in [-0.3, -0.25) is 35.1 Å². The molecule has 0 aromatic heterocycles. The molecule has 512 valence electrons. The first-order chi connectivity index (χ1) is 48.0. The van der Waals surface area contributed by atoms with Gasteiger partial charge in [0.15, 0.2) is 0 Å². The number of likely N-dealkylation sites (tertiary alicyclic amines) is 3. The van der Waals surface area contributed by atoms with E-state index in [4.69, 9.17) is 42.4 Å². The van der Waals surface area contributed by atoms with E-state index in [0.29, 0.717) is 88.0 Å². The second kappa shape index (κ2) is 28.4. The minimum absolute atomic E-state index is 0.0175. The maximum Gasteiger partial charge on any atom is 0.412 e. The maximum atomic E-state index is 13.4. The molecule has 16 rings (SSSR count). The van der Waals surface area contributed by atoms with Gasteiger partial charge in [0.2, 0.25) is 6.17 Å². The van der Waals surface area contributed by atoms with Crippen LogP contribution in [0.4, 0.5) is 58.1 Å². The van der Waals surface area contributed by atoms with Crippen molar-refractivity contribution < 1.29 is 43.0 Å². The molecule has 0 saturated carbocycles. The summed E-state index contributed by atoms with van der Waals surface area (Å²) in [7, 11) is 1.69. The first kappa shape index (κ1) is 66.7. The Morgan fingerprint density at radius 1 is 0.545 bits per heavy atom. The lowest BCUT2D eigenvalue weighted by Crippen LogP contribution is -2.53. The predicted octanol–water partition coefficient (Wildman–Crippen LogP) is 14.7. The zero-order chi connectivity index (χ0) is 68.4. The Morgan fingerprint density at radius 3 is 1.64 bits per heavy atom. The number of benzene rings is 7. The Hall–Kier alpha value is -9.47. The summed E-state index contributed by atoms with van der Waals surface area (Å²) in [5.41, 5.74) is 12.8. The number of nitrogens with one attached hydrogen (secondary N) is 4. The molecule has 7 aromatic rings. The average Bonchev–Trinajstić information content (AvgIpc) is 1.35. The SMILES string of the molecule is Cc1cccc(NC(=O)NC2N=C(CN3CCC4(CC3)OC(=O)Nc3ccccc34)c3ccccc3N(C)C2=O)c1.O=C(N1CCC2(CC1)OCc1ccccc12)N1CCCCc2cc(Cl)ccc21.O=C1Nc2ccccc2C2(CCN(C(=O)N3CCCCc4cc(Cl)ccc43)CC2)O1. The van der Waals surface area contributed by atoms with Gasteiger partial charge >= 0.3 is 30.3 Å². The van der Waals surface area contributed by atoms with Crippen LogP contribution < -0.4 is 36.0 Å². The summed E-state index contributed by atoms with van der Waals surface area (Å²) in [6.45, 7) is 8.45. The van der Waals surface area contributed by atoms with Crippen molar-refractivity contribution in [2.24, 2.45) is 4.99 Å². The fourth-order valence-corrected chi connectivity index (χ4v) is 16.1. The minimum atomic E-state index is -1.10. The van der Waals surface area contributed by atoms with E-state index in [2.05, 4.69) is 50.4 Å². The molecule has 1 unspecified atom stereocenters. The molecule has 0 radical (unpaired) electrons. The number of fused-ring (bicyclic) bond motifs is 9. The molecule has 9 aliphatic rings. The van der Waals surface area contributed by atoms with Crippen LogP contribution in [0.1, 0.15) is 109 Å². The number of aliphatic imine (C=N–C) groups is 1. The highest BCUT2D eigenvalue weighted by molar-refractivity contribution is 6.31. The molecular weight excluding hydrogens is 1290 g/mol. The Balaban J connectivity index is 0.000000130. The number of anilines is 6. The number of urea groups is 3. The Morgan fingerprint density at radius 2 is 1.06 bits per heavy atom. The number of hydrogen-bond acceptors (Lipinski definition) is 11. The van der Waals surface area contributed by atoms with Crippen LogP contribution in [0, 0.1) is 6.92 Å². The number of carbonyl (C=O) groups excluding carboxylic acids is 6. The van der Waals surface area contributed by atoms with Gasteiger partial charge in [-0.25, -0.2) is 24.0 Å². The molecule has 3 spiro atoms. The molecule has 9 heterocycles. The Bertz CT molecular complexity index is 4300. The normalized spacial score (nSPS) is 20.0. The second-order valence-corrected chi connectivity index (χ2v) is 27.9. The number of amides is 9. The monoisotopic (exact) mass is 1370 g/mol. The number of aryl methyl sites for hydroxylation is 3. The van der Waals surface area contributed by atoms with E-state index in [9.17, 15) is 28.8 Å². The maximum absolute atomic E-state index is 13.4. The Labute approximate surface area is 586 Å². The third kappa shape index (κ3) is 13.9. The molecule has 3 saturated heterocycles. The first-order valence-corrected chi connectivity index (χ1v) is 35.2. The number of hydrogen-bond donors (Lipinski definition) is 4. The molecule has 22 heteroatoms. The molecule has 1 atom stereocenters. The van der Waals surface area contributed by atoms with Crippen LogP contribution in [-0.2, 0) is 55.3 Å². The van der Waals surface area contributed by atoms with Crippen LogP contribution in [0.15, 0.2) is 163 Å². The summed E-state index contributed by atoms with van der Waals surface area (Å²) >= 11 is 12.4. The molecule has 9 amide bonds. The second-order valence-electron chi connectivity index (χ2n) is 27.0. The van der Waals surface area contributed by atoms with E-state index in [1.807, 2.05) is 154 Å². The smallest absolute Gasteiger partial charge is 0.412 e. The van der Waals surface area contributed by atoms with Gasteiger partial charge in [-0.2, -0.15) is 0 Å². The molecule has 0 aliphatic carbocycles. The summed E-state index contributed by atoms with van der Waals surface area (Å²) in [6.07, 6.45) is 8.23. The van der Waals surface area contributed by atoms with Gasteiger partial charge in [0, 0.05) is 135 Å². The number of carbonyl (C=O) groups is 6. The van der Waals surface area contributed by atoms with E-state index in [0.717, 1.165) is 132 Å². The number of likely N-dealkylation sites (N-methyl/N-ethyl adjacent to an activating group) is 1. The van der Waals surface area contributed by atoms with E-state index in [-0.39, 0.29) is 23.6 Å². The number of halogens is 2. The summed E-state index contributed by atoms with van der Waals surface area (Å²) in [5, 5.41) is 12.6. The van der Waals surface area contributed by atoms with E-state index in [1.54, 1.807) is 18.0 Å². The molecule has 3 fully saturated rings. The fraction of sp³-hybridized carbons (Fsp3) is 0.364. The third-order valence-corrected chi connectivity index (χ3v) is 21.3. The molecule has 99 heavy (non-hydrogen) atoms. The lowest BCUT2D eigenvalue weighted by molar-refractivity contribution is -0.119. The number of rotatable bonds is 4. The van der Waals surface area contributed by atoms with Crippen LogP contribution >= 0.6 is 23.2 Å². The highest BCUT2D eigenvalue weighted by Crippen LogP contribution is 2.47. The zero-order valence-electron chi connectivity index (χ0n) is 55.7. The number of nitrogens with zero attached hydrogens (tertiary/aromatic N) is 7. The number of para-hydroxylation sites is 3. The van der Waals surface area contributed by atoms with Crippen LogP contribution in [0.3, 0.4) is 0 Å². The summed E-state index contributed by atoms with van der Waals surface area (Å²) in [4.78, 5) is 94.0. The first-order valence-electron chi connectivity index (χ1n) is 34.4. The minimum Gasteiger partial charge on any atom is -0.438 e. The van der Waals surface area contributed by atoms with Crippen molar-refractivity contribution in [3.8, 4) is 0 Å². The van der Waals surface area contributed by atoms with E-state index in [1.165, 1.54) is 16.7 Å². The summed E-state index contributed by atoms with van der Waals surface area (Å²) in [6, 6.07) is 50.4. The largest absolute Gasteiger partial charge is 0.438 e. The van der Waals surface area contributed by atoms with Crippen molar-refractivity contribution in [3.63, 3.8) is 0 Å². The van der Waals surface area contributed by atoms with Gasteiger partial charge in [0.05, 0.1) is 35.0 Å². The topological polar surface area (TPSA) is 210 Å². The molecule has 4 N–H and O–H groups in total. The van der Waals surface area contributed by atoms with Crippen molar-refractivity contribution in [3.05, 3.63) is 212 Å². The van der Waals surface area contributed by atoms with Gasteiger partial charge in [0.1, 0.15) is 11.2 Å². The van der Waals surface area contributed by atoms with E-state index < -0.39 is 35.6 Å². The molecule has 20 nitrogen and oxygen atoms in total. The molecule has 9 aliphatic heterocycles. The van der Waals surface area contributed by atoms with Gasteiger partial charge in [-0.05, 0) is 153 Å². The quantitative estimate of drug-likeness (QED) is 0.131. The standard InChI is InChI=1S/C31H32N6O4.C23H24ClN3O3.C23H25ClN2O2/c1-20-8-7-9-21(18-20)32-29(39)35-27-28(38)36(2)26-13-6-3-10-22(26)25(33-27)19-37-16-14-31(15-17-37)23-11-4-5-12-24(23)34-30(40)41-31;24-17-8-9-20-16(15-17)5-3-4-12-27(20)22(29)26-13-10-23(11-14-26)18-6-1-2-7-19(18)25-21(28)30-23;24-19-8-9-21-17(15-19)5-3-4-12-26(21)22(27)25-13-10-23(11-14-25)20-7-2-1-6-18(20)16-28-23/h3-13,18,27H,14-17,19H2,1-2H3,(H,34,40)(H2,32,35,39);1-2,6-9,15H,3-5,10-14H2,(H,25,28);1-2,6-9,15H,3-5,10-14,16H2. The molecular formula is C77H81Cl2N11O9. The van der Waals surface area contributed by atoms with Crippen molar-refractivity contribution in [1.82, 2.24) is 20.0 Å². The van der Waals surface area contributed by atoms with Crippen LogP contribution in [0.5, 0.6) is 0 Å². The van der Waals surface area contributed by atoms with Crippen molar-refractivity contribution in [2.75, 3.05) is 96.6 Å². The number of ether oxygens (including phenoxy) is 3. The lowest BCUT2D eigenvalue weighted by Gasteiger charge is -2.45. The van der Waals surface area contributed by atoms with Crippen molar-refractivity contribution in [1.29, 1.82) is 0 Å². The fourth-order valence-electron chi connectivity index (χ4n) is 15.7. The summed E-state index contributed by atoms with van der Waals surface area (Å²) < 4.78 is 17.9. The zero-order valence-corrected chi connectivity index (χ0v) is 57.2. The summed E-state index contributed by atoms with van der Waals surface area (Å²) in [5.74, 6) is -0.331. The number of piperidine rings is 3. The van der Waals surface area contributed by atoms with Crippen molar-refractivity contribution in [2.45, 2.75) is 114 Å². The van der Waals surface area contributed by atoms with Crippen molar-refractivity contribution >= 4 is 99.2 Å². The Kier molecular flexibility index (Phi) is 19.2. The predicted molar refractivity (Wildman–Crippen MR) is 384 cm³/mol. The van der Waals surface area contributed by atoms with Gasteiger partial charge in [0.25, 0.3) is 5.91 Å². The highest BCUT2D eigenvalue weighted by Gasteiger charge is 2.48. The highest BCUT2D eigenvalue weighted by atomic mass is 35.5. The van der Waals surface area contributed by atoms with Crippen LogP contribution in [0.25, 0.3) is 0 Å². The van der Waals surface area contributed by atoms with Gasteiger partial charge < -0.3 is 39.5 Å². The molecule has 0 bridgehead atoms. The molecule has 7 aromatic carbocycles. The number of benzodiazepines with no additional fused rings is 1. The van der Waals surface area contributed by atoms with Gasteiger partial charge in [-0.15, -0.1) is 0 Å². The van der Waals surface area contributed by atoms with Crippen LogP contribution in [-0.4, -0.2) is 129 Å². The van der Waals surface area contributed by atoms with E-state index >= 15 is 0 Å². The average molecular weight is 1380 g/mol.